The zero-order chi connectivity index (χ0) is 20.7. The molecule has 1 fully saturated rings. The standard InChI is InChI=1S/C23H22BrClN4O/c24-16-6-4-5-15(13-16)23(10-11-23)22(30)26-17-8-9-19(25)18(14-17)21-28-27-20-7-2-1-3-12-29(20)21/h4-6,8-9,13-14H,1-3,7,10-12H2,(H,26,30). The molecule has 0 saturated heterocycles. The van der Waals surface area contributed by atoms with Crippen LogP contribution in [0.2, 0.25) is 5.02 Å². The highest BCUT2D eigenvalue weighted by atomic mass is 79.9. The van der Waals surface area contributed by atoms with Crippen molar-refractivity contribution in [3.63, 3.8) is 0 Å². The van der Waals surface area contributed by atoms with Crippen LogP contribution in [0.3, 0.4) is 0 Å². The van der Waals surface area contributed by atoms with Crippen molar-refractivity contribution in [2.75, 3.05) is 5.32 Å². The highest BCUT2D eigenvalue weighted by Crippen LogP contribution is 2.49. The number of aryl methyl sites for hydroxylation is 1. The number of amides is 1. The first-order chi connectivity index (χ1) is 14.6. The summed E-state index contributed by atoms with van der Waals surface area (Å²) in [5.74, 6) is 1.81. The highest BCUT2D eigenvalue weighted by Gasteiger charge is 2.51. The van der Waals surface area contributed by atoms with Gasteiger partial charge >= 0.3 is 0 Å². The number of fused-ring (bicyclic) bond motifs is 1. The molecule has 7 heteroatoms. The summed E-state index contributed by atoms with van der Waals surface area (Å²) in [5, 5.41) is 12.5. The van der Waals surface area contributed by atoms with Crippen LogP contribution in [0.15, 0.2) is 46.9 Å². The van der Waals surface area contributed by atoms with Gasteiger partial charge in [-0.1, -0.05) is 46.1 Å². The largest absolute Gasteiger partial charge is 0.325 e. The van der Waals surface area contributed by atoms with E-state index < -0.39 is 5.41 Å². The summed E-state index contributed by atoms with van der Waals surface area (Å²) in [4.78, 5) is 13.2. The lowest BCUT2D eigenvalue weighted by Crippen LogP contribution is -2.27. The average molecular weight is 486 g/mol. The van der Waals surface area contributed by atoms with Gasteiger partial charge in [-0.3, -0.25) is 4.79 Å². The van der Waals surface area contributed by atoms with Crippen LogP contribution in [0.5, 0.6) is 0 Å². The van der Waals surface area contributed by atoms with Crippen LogP contribution in [-0.4, -0.2) is 20.7 Å². The third kappa shape index (κ3) is 3.56. The maximum Gasteiger partial charge on any atom is 0.235 e. The predicted octanol–water partition coefficient (Wildman–Crippen LogP) is 5.76. The molecule has 5 nitrogen and oxygen atoms in total. The molecule has 0 unspecified atom stereocenters. The predicted molar refractivity (Wildman–Crippen MR) is 122 cm³/mol. The topological polar surface area (TPSA) is 59.8 Å². The number of benzene rings is 2. The average Bonchev–Trinajstić information content (AvgIpc) is 3.51. The number of aromatic nitrogens is 3. The molecule has 1 aliphatic carbocycles. The molecule has 154 valence electrons. The molecule has 2 heterocycles. The van der Waals surface area contributed by atoms with Gasteiger partial charge in [-0.15, -0.1) is 10.2 Å². The van der Waals surface area contributed by atoms with Gasteiger partial charge in [-0.05, 0) is 61.6 Å². The molecule has 1 aliphatic heterocycles. The molecule has 1 amide bonds. The van der Waals surface area contributed by atoms with Gasteiger partial charge in [-0.2, -0.15) is 0 Å². The number of anilines is 1. The number of carbonyl (C=O) groups is 1. The summed E-state index contributed by atoms with van der Waals surface area (Å²) in [6.07, 6.45) is 6.10. The third-order valence-electron chi connectivity index (χ3n) is 6.14. The first-order valence-corrected chi connectivity index (χ1v) is 11.5. The SMILES string of the molecule is O=C(Nc1ccc(Cl)c(-c2nnc3n2CCCCC3)c1)C1(c2cccc(Br)c2)CC1. The van der Waals surface area contributed by atoms with Crippen LogP contribution in [0.4, 0.5) is 5.69 Å². The van der Waals surface area contributed by atoms with Crippen molar-refractivity contribution >= 4 is 39.1 Å². The van der Waals surface area contributed by atoms with Gasteiger partial charge in [0.1, 0.15) is 5.82 Å². The van der Waals surface area contributed by atoms with Crippen molar-refractivity contribution in [2.45, 2.75) is 50.5 Å². The first kappa shape index (κ1) is 19.8. The maximum atomic E-state index is 13.2. The van der Waals surface area contributed by atoms with Crippen molar-refractivity contribution < 1.29 is 4.79 Å². The number of hydrogen-bond acceptors (Lipinski definition) is 3. The zero-order valence-electron chi connectivity index (χ0n) is 16.5. The summed E-state index contributed by atoms with van der Waals surface area (Å²) in [6, 6.07) is 13.6. The molecular formula is C23H22BrClN4O. The Hall–Kier alpha value is -2.18. The van der Waals surface area contributed by atoms with E-state index in [1.807, 2.05) is 42.5 Å². The molecule has 1 N–H and O–H groups in total. The normalized spacial score (nSPS) is 17.1. The Kier molecular flexibility index (Phi) is 5.15. The van der Waals surface area contributed by atoms with Gasteiger partial charge < -0.3 is 9.88 Å². The number of carbonyl (C=O) groups excluding carboxylic acids is 1. The lowest BCUT2D eigenvalue weighted by molar-refractivity contribution is -0.118. The monoisotopic (exact) mass is 484 g/mol. The van der Waals surface area contributed by atoms with E-state index in [0.29, 0.717) is 5.02 Å². The summed E-state index contributed by atoms with van der Waals surface area (Å²) in [5.41, 5.74) is 2.13. The van der Waals surface area contributed by atoms with E-state index in [0.717, 1.165) is 71.6 Å². The Balaban J connectivity index is 1.44. The molecule has 1 aromatic heterocycles. The Morgan fingerprint density at radius 1 is 1.10 bits per heavy atom. The Bertz CT molecular complexity index is 1120. The van der Waals surface area contributed by atoms with Crippen LogP contribution >= 0.6 is 27.5 Å². The van der Waals surface area contributed by atoms with E-state index in [9.17, 15) is 4.79 Å². The van der Waals surface area contributed by atoms with Gasteiger partial charge in [0.15, 0.2) is 5.82 Å². The molecule has 5 rings (SSSR count). The molecule has 30 heavy (non-hydrogen) atoms. The van der Waals surface area contributed by atoms with E-state index >= 15 is 0 Å². The molecule has 2 aromatic carbocycles. The van der Waals surface area contributed by atoms with Gasteiger partial charge in [0.2, 0.25) is 5.91 Å². The smallest absolute Gasteiger partial charge is 0.235 e. The molecular weight excluding hydrogens is 464 g/mol. The van der Waals surface area contributed by atoms with Crippen molar-refractivity contribution in [1.29, 1.82) is 0 Å². The minimum Gasteiger partial charge on any atom is -0.325 e. The maximum absolute atomic E-state index is 13.2. The Morgan fingerprint density at radius 3 is 2.77 bits per heavy atom. The number of nitrogens with one attached hydrogen (secondary N) is 1. The van der Waals surface area contributed by atoms with Gasteiger partial charge in [0.25, 0.3) is 0 Å². The summed E-state index contributed by atoms with van der Waals surface area (Å²) in [7, 11) is 0. The lowest BCUT2D eigenvalue weighted by atomic mass is 9.95. The van der Waals surface area contributed by atoms with Crippen LogP contribution in [0.25, 0.3) is 11.4 Å². The third-order valence-corrected chi connectivity index (χ3v) is 6.96. The minimum absolute atomic E-state index is 0.0222. The van der Waals surface area contributed by atoms with Crippen molar-refractivity contribution in [3.8, 4) is 11.4 Å². The molecule has 1 saturated carbocycles. The van der Waals surface area contributed by atoms with Crippen LogP contribution in [-0.2, 0) is 23.2 Å². The fraction of sp³-hybridized carbons (Fsp3) is 0.348. The second kappa shape index (κ2) is 7.82. The van der Waals surface area contributed by atoms with E-state index in [2.05, 4.69) is 36.0 Å². The molecule has 3 aromatic rings. The number of halogens is 2. The van der Waals surface area contributed by atoms with E-state index in [1.165, 1.54) is 6.42 Å². The van der Waals surface area contributed by atoms with Crippen molar-refractivity contribution in [3.05, 3.63) is 63.3 Å². The van der Waals surface area contributed by atoms with E-state index in [1.54, 1.807) is 0 Å². The highest BCUT2D eigenvalue weighted by molar-refractivity contribution is 9.10. The van der Waals surface area contributed by atoms with Gasteiger partial charge in [-0.25, -0.2) is 0 Å². The van der Waals surface area contributed by atoms with Crippen LogP contribution < -0.4 is 5.32 Å². The molecule has 0 spiro atoms. The second-order valence-electron chi connectivity index (χ2n) is 8.14. The fourth-order valence-electron chi connectivity index (χ4n) is 4.27. The molecule has 2 aliphatic rings. The molecule has 0 bridgehead atoms. The zero-order valence-corrected chi connectivity index (χ0v) is 18.8. The minimum atomic E-state index is -0.449. The fourth-order valence-corrected chi connectivity index (χ4v) is 4.87. The van der Waals surface area contributed by atoms with Crippen LogP contribution in [0, 0.1) is 0 Å². The molecule has 0 radical (unpaired) electrons. The van der Waals surface area contributed by atoms with Gasteiger partial charge in [0.05, 0.1) is 10.4 Å². The quantitative estimate of drug-likeness (QED) is 0.511. The summed E-state index contributed by atoms with van der Waals surface area (Å²) >= 11 is 10.0. The van der Waals surface area contributed by atoms with Crippen LogP contribution in [0.1, 0.15) is 43.5 Å². The Morgan fingerprint density at radius 2 is 1.97 bits per heavy atom. The summed E-state index contributed by atoms with van der Waals surface area (Å²) < 4.78 is 3.16. The first-order valence-electron chi connectivity index (χ1n) is 10.4. The Labute approximate surface area is 189 Å². The number of rotatable bonds is 4. The lowest BCUT2D eigenvalue weighted by Gasteiger charge is -2.17. The summed E-state index contributed by atoms with van der Waals surface area (Å²) in [6.45, 7) is 0.899. The second-order valence-corrected chi connectivity index (χ2v) is 9.47. The van der Waals surface area contributed by atoms with E-state index in [-0.39, 0.29) is 5.91 Å². The number of hydrogen-bond donors (Lipinski definition) is 1. The van der Waals surface area contributed by atoms with Crippen molar-refractivity contribution in [1.82, 2.24) is 14.8 Å². The molecule has 0 atom stereocenters. The van der Waals surface area contributed by atoms with Crippen molar-refractivity contribution in [2.24, 2.45) is 0 Å². The van der Waals surface area contributed by atoms with E-state index in [4.69, 9.17) is 11.6 Å². The van der Waals surface area contributed by atoms with Gasteiger partial charge in [0, 0.05) is 28.7 Å². The number of nitrogens with zero attached hydrogens (tertiary/aromatic N) is 3.